The number of tetrazole rings is 1. The topological polar surface area (TPSA) is 82.5 Å². The second-order valence-corrected chi connectivity index (χ2v) is 5.41. The summed E-state index contributed by atoms with van der Waals surface area (Å²) < 4.78 is 1.94. The quantitative estimate of drug-likeness (QED) is 0.910. The lowest BCUT2D eigenvalue weighted by molar-refractivity contribution is 0.423. The number of hydrogen-bond donors (Lipinski definition) is 1. The Labute approximate surface area is 109 Å². The fourth-order valence-electron chi connectivity index (χ4n) is 2.19. The van der Waals surface area contributed by atoms with E-state index in [1.54, 1.807) is 12.3 Å². The standard InChI is InChI=1S/C11H14N6S/c12-10-6-5-9(7-13-10)18-11-14-15-16-17(11)8-3-1-2-4-8/h5-8H,1-4H2,(H2,12,13). The van der Waals surface area contributed by atoms with Gasteiger partial charge in [0.25, 0.3) is 0 Å². The van der Waals surface area contributed by atoms with Gasteiger partial charge in [0, 0.05) is 11.1 Å². The van der Waals surface area contributed by atoms with Gasteiger partial charge >= 0.3 is 0 Å². The molecule has 1 aliphatic rings. The highest BCUT2D eigenvalue weighted by atomic mass is 32.2. The van der Waals surface area contributed by atoms with Gasteiger partial charge in [0.2, 0.25) is 5.16 Å². The van der Waals surface area contributed by atoms with Crippen LogP contribution in [0.4, 0.5) is 5.82 Å². The van der Waals surface area contributed by atoms with Gasteiger partial charge in [0.15, 0.2) is 0 Å². The van der Waals surface area contributed by atoms with Crippen molar-refractivity contribution in [3.63, 3.8) is 0 Å². The molecule has 0 saturated heterocycles. The number of aromatic nitrogens is 5. The predicted octanol–water partition coefficient (Wildman–Crippen LogP) is 1.92. The second-order valence-electron chi connectivity index (χ2n) is 4.37. The van der Waals surface area contributed by atoms with Crippen LogP contribution in [0.25, 0.3) is 0 Å². The highest BCUT2D eigenvalue weighted by molar-refractivity contribution is 7.99. The van der Waals surface area contributed by atoms with E-state index in [2.05, 4.69) is 20.5 Å². The summed E-state index contributed by atoms with van der Waals surface area (Å²) >= 11 is 1.53. The van der Waals surface area contributed by atoms with Crippen LogP contribution in [0.1, 0.15) is 31.7 Å². The van der Waals surface area contributed by atoms with E-state index in [-0.39, 0.29) is 0 Å². The molecule has 2 heterocycles. The van der Waals surface area contributed by atoms with E-state index in [0.717, 1.165) is 10.1 Å². The summed E-state index contributed by atoms with van der Waals surface area (Å²) in [5.74, 6) is 0.523. The van der Waals surface area contributed by atoms with Crippen molar-refractivity contribution in [3.05, 3.63) is 18.3 Å². The normalized spacial score (nSPS) is 16.2. The van der Waals surface area contributed by atoms with Crippen LogP contribution in [0.2, 0.25) is 0 Å². The van der Waals surface area contributed by atoms with Crippen molar-refractivity contribution in [2.45, 2.75) is 41.8 Å². The number of nitrogens with zero attached hydrogens (tertiary/aromatic N) is 5. The summed E-state index contributed by atoms with van der Waals surface area (Å²) in [7, 11) is 0. The molecule has 1 saturated carbocycles. The van der Waals surface area contributed by atoms with E-state index in [1.165, 1.54) is 37.4 Å². The summed E-state index contributed by atoms with van der Waals surface area (Å²) in [6, 6.07) is 4.16. The Balaban J connectivity index is 1.80. The molecular formula is C11H14N6S. The predicted molar refractivity (Wildman–Crippen MR) is 68.1 cm³/mol. The fraction of sp³-hybridized carbons (Fsp3) is 0.455. The second kappa shape index (κ2) is 4.93. The van der Waals surface area contributed by atoms with Gasteiger partial charge in [0.1, 0.15) is 5.82 Å². The van der Waals surface area contributed by atoms with Gasteiger partial charge in [-0.3, -0.25) is 0 Å². The minimum atomic E-state index is 0.448. The molecule has 0 radical (unpaired) electrons. The Morgan fingerprint density at radius 2 is 2.11 bits per heavy atom. The van der Waals surface area contributed by atoms with Gasteiger partial charge in [-0.25, -0.2) is 9.67 Å². The molecule has 7 heteroatoms. The molecule has 2 aromatic heterocycles. The van der Waals surface area contributed by atoms with E-state index in [9.17, 15) is 0 Å². The molecule has 1 aliphatic carbocycles. The van der Waals surface area contributed by atoms with Crippen LogP contribution in [-0.4, -0.2) is 25.2 Å². The van der Waals surface area contributed by atoms with Crippen molar-refractivity contribution in [1.29, 1.82) is 0 Å². The third-order valence-corrected chi connectivity index (χ3v) is 4.03. The van der Waals surface area contributed by atoms with Gasteiger partial charge in [-0.2, -0.15) is 0 Å². The smallest absolute Gasteiger partial charge is 0.214 e. The highest BCUT2D eigenvalue weighted by Crippen LogP contribution is 2.33. The van der Waals surface area contributed by atoms with Crippen LogP contribution in [0.3, 0.4) is 0 Å². The maximum Gasteiger partial charge on any atom is 0.214 e. The summed E-state index contributed by atoms with van der Waals surface area (Å²) in [5.41, 5.74) is 5.56. The van der Waals surface area contributed by atoms with E-state index in [1.807, 2.05) is 10.7 Å². The lowest BCUT2D eigenvalue weighted by Crippen LogP contribution is -2.08. The molecule has 94 valence electrons. The zero-order valence-electron chi connectivity index (χ0n) is 9.86. The van der Waals surface area contributed by atoms with Crippen LogP contribution >= 0.6 is 11.8 Å². The van der Waals surface area contributed by atoms with Crippen molar-refractivity contribution >= 4 is 17.6 Å². The molecule has 18 heavy (non-hydrogen) atoms. The SMILES string of the molecule is Nc1ccc(Sc2nnnn2C2CCCC2)cn1. The first-order valence-electron chi connectivity index (χ1n) is 6.00. The van der Waals surface area contributed by atoms with Gasteiger partial charge in [-0.15, -0.1) is 5.10 Å². The molecule has 0 atom stereocenters. The minimum Gasteiger partial charge on any atom is -0.384 e. The molecule has 1 fully saturated rings. The third-order valence-electron chi connectivity index (χ3n) is 3.10. The number of nitrogens with two attached hydrogens (primary N) is 1. The number of rotatable bonds is 3. The Morgan fingerprint density at radius 1 is 1.28 bits per heavy atom. The summed E-state index contributed by atoms with van der Waals surface area (Å²) in [6.45, 7) is 0. The van der Waals surface area contributed by atoms with Crippen molar-refractivity contribution in [1.82, 2.24) is 25.2 Å². The Bertz CT molecular complexity index is 517. The summed E-state index contributed by atoms with van der Waals surface area (Å²) in [5, 5.41) is 12.8. The molecule has 0 aromatic carbocycles. The van der Waals surface area contributed by atoms with Crippen molar-refractivity contribution in [2.75, 3.05) is 5.73 Å². The van der Waals surface area contributed by atoms with Crippen LogP contribution in [0, 0.1) is 0 Å². The monoisotopic (exact) mass is 262 g/mol. The van der Waals surface area contributed by atoms with Gasteiger partial charge < -0.3 is 5.73 Å². The average molecular weight is 262 g/mol. The fourth-order valence-corrected chi connectivity index (χ4v) is 3.00. The van der Waals surface area contributed by atoms with Gasteiger partial charge in [0.05, 0.1) is 6.04 Å². The summed E-state index contributed by atoms with van der Waals surface area (Å²) in [4.78, 5) is 5.06. The van der Waals surface area contributed by atoms with Crippen LogP contribution < -0.4 is 5.73 Å². The zero-order chi connectivity index (χ0) is 12.4. The molecule has 2 N–H and O–H groups in total. The van der Waals surface area contributed by atoms with E-state index in [4.69, 9.17) is 5.73 Å². The molecule has 6 nitrogen and oxygen atoms in total. The lowest BCUT2D eigenvalue weighted by atomic mass is 10.3. The first-order chi connectivity index (χ1) is 8.83. The molecule has 0 bridgehead atoms. The molecule has 3 rings (SSSR count). The van der Waals surface area contributed by atoms with E-state index in [0.29, 0.717) is 11.9 Å². The third kappa shape index (κ3) is 2.31. The Morgan fingerprint density at radius 3 is 2.83 bits per heavy atom. The highest BCUT2D eigenvalue weighted by Gasteiger charge is 2.21. The maximum atomic E-state index is 5.56. The summed E-state index contributed by atoms with van der Waals surface area (Å²) in [6.07, 6.45) is 6.60. The molecule has 0 spiro atoms. The minimum absolute atomic E-state index is 0.448. The number of anilines is 1. The number of hydrogen-bond acceptors (Lipinski definition) is 6. The van der Waals surface area contributed by atoms with Crippen LogP contribution in [0.15, 0.2) is 28.4 Å². The Hall–Kier alpha value is -1.63. The first kappa shape index (κ1) is 11.5. The van der Waals surface area contributed by atoms with E-state index >= 15 is 0 Å². The molecule has 0 amide bonds. The van der Waals surface area contributed by atoms with Gasteiger partial charge in [-0.05, 0) is 47.2 Å². The number of nitrogen functional groups attached to an aromatic ring is 1. The van der Waals surface area contributed by atoms with Crippen molar-refractivity contribution in [2.24, 2.45) is 0 Å². The largest absolute Gasteiger partial charge is 0.384 e. The lowest BCUT2D eigenvalue weighted by Gasteiger charge is -2.10. The van der Waals surface area contributed by atoms with E-state index < -0.39 is 0 Å². The molecule has 2 aromatic rings. The molecule has 0 aliphatic heterocycles. The van der Waals surface area contributed by atoms with Crippen LogP contribution in [-0.2, 0) is 0 Å². The molecule has 0 unspecified atom stereocenters. The van der Waals surface area contributed by atoms with Crippen LogP contribution in [0.5, 0.6) is 0 Å². The van der Waals surface area contributed by atoms with Gasteiger partial charge in [-0.1, -0.05) is 12.8 Å². The zero-order valence-corrected chi connectivity index (χ0v) is 10.7. The molecular weight excluding hydrogens is 248 g/mol. The van der Waals surface area contributed by atoms with Crippen molar-refractivity contribution < 1.29 is 0 Å². The average Bonchev–Trinajstić information content (AvgIpc) is 3.02. The Kier molecular flexibility index (Phi) is 3.14. The van der Waals surface area contributed by atoms with Crippen molar-refractivity contribution in [3.8, 4) is 0 Å². The number of pyridine rings is 1. The first-order valence-corrected chi connectivity index (χ1v) is 6.82. The maximum absolute atomic E-state index is 5.56.